The maximum absolute atomic E-state index is 6.61. The molecular formula is C21H27Cl3N4OS. The number of halogens is 3. The van der Waals surface area contributed by atoms with Crippen molar-refractivity contribution in [3.8, 4) is 5.75 Å². The molecule has 0 amide bonds. The SMILES string of the molecule is CCCC(NC(=S)c1ccc(Cl)cc1)C(N)c1ccc2c(c1)N=C(N)C(C)O2.Cl.Cl. The zero-order valence-corrected chi connectivity index (χ0v) is 20.0. The molecule has 3 unspecified atom stereocenters. The lowest BCUT2D eigenvalue weighted by atomic mass is 9.95. The first-order valence-corrected chi connectivity index (χ1v) is 10.1. The zero-order chi connectivity index (χ0) is 20.3. The molecule has 1 aliphatic rings. The number of hydrogen-bond donors (Lipinski definition) is 3. The van der Waals surface area contributed by atoms with E-state index in [-0.39, 0.29) is 43.0 Å². The number of rotatable bonds is 6. The third-order valence-corrected chi connectivity index (χ3v) is 5.40. The van der Waals surface area contributed by atoms with Gasteiger partial charge in [0.05, 0.1) is 6.04 Å². The molecule has 1 aliphatic heterocycles. The van der Waals surface area contributed by atoms with Crippen LogP contribution in [-0.2, 0) is 0 Å². The van der Waals surface area contributed by atoms with Gasteiger partial charge in [0.15, 0.2) is 6.10 Å². The predicted octanol–water partition coefficient (Wildman–Crippen LogP) is 5.09. The predicted molar refractivity (Wildman–Crippen MR) is 134 cm³/mol. The molecule has 0 aromatic heterocycles. The van der Waals surface area contributed by atoms with Gasteiger partial charge in [-0.25, -0.2) is 4.99 Å². The largest absolute Gasteiger partial charge is 0.481 e. The topological polar surface area (TPSA) is 85.7 Å². The van der Waals surface area contributed by atoms with Crippen LogP contribution in [0.25, 0.3) is 0 Å². The molecule has 1 heterocycles. The molecule has 2 aromatic carbocycles. The van der Waals surface area contributed by atoms with Gasteiger partial charge in [0.25, 0.3) is 0 Å². The van der Waals surface area contributed by atoms with Gasteiger partial charge in [-0.15, -0.1) is 24.8 Å². The molecule has 5 N–H and O–H groups in total. The third kappa shape index (κ3) is 6.22. The minimum atomic E-state index is -0.258. The highest BCUT2D eigenvalue weighted by Crippen LogP contribution is 2.34. The second-order valence-electron chi connectivity index (χ2n) is 6.93. The quantitative estimate of drug-likeness (QED) is 0.492. The minimum Gasteiger partial charge on any atom is -0.481 e. The second-order valence-corrected chi connectivity index (χ2v) is 7.77. The number of thiocarbonyl (C=S) groups is 1. The Morgan fingerprint density at radius 2 is 1.90 bits per heavy atom. The van der Waals surface area contributed by atoms with Crippen LogP contribution in [0.3, 0.4) is 0 Å². The van der Waals surface area contributed by atoms with Gasteiger partial charge in [-0.05, 0) is 43.2 Å². The number of aliphatic imine (C=N–C) groups is 1. The van der Waals surface area contributed by atoms with Gasteiger partial charge in [0.1, 0.15) is 22.3 Å². The smallest absolute Gasteiger partial charge is 0.153 e. The van der Waals surface area contributed by atoms with E-state index in [1.165, 1.54) is 0 Å². The number of nitrogens with zero attached hydrogens (tertiary/aromatic N) is 1. The number of amidine groups is 1. The van der Waals surface area contributed by atoms with E-state index in [1.807, 2.05) is 49.4 Å². The fourth-order valence-electron chi connectivity index (χ4n) is 3.15. The Balaban J connectivity index is 0.00000225. The number of fused-ring (bicyclic) bond motifs is 1. The van der Waals surface area contributed by atoms with E-state index in [2.05, 4.69) is 17.2 Å². The highest BCUT2D eigenvalue weighted by Gasteiger charge is 2.23. The van der Waals surface area contributed by atoms with E-state index in [1.54, 1.807) is 0 Å². The van der Waals surface area contributed by atoms with Gasteiger partial charge in [0.2, 0.25) is 0 Å². The summed E-state index contributed by atoms with van der Waals surface area (Å²) in [5.74, 6) is 1.18. The molecule has 2 aromatic rings. The van der Waals surface area contributed by atoms with Crippen molar-refractivity contribution in [3.05, 3.63) is 58.6 Å². The van der Waals surface area contributed by atoms with Crippen molar-refractivity contribution in [3.63, 3.8) is 0 Å². The Morgan fingerprint density at radius 1 is 1.23 bits per heavy atom. The van der Waals surface area contributed by atoms with E-state index in [0.29, 0.717) is 27.3 Å². The first kappa shape index (κ1) is 26.5. The molecular weight excluding hydrogens is 463 g/mol. The number of nitrogens with two attached hydrogens (primary N) is 2. The molecule has 3 atom stereocenters. The van der Waals surface area contributed by atoms with E-state index in [4.69, 9.17) is 40.0 Å². The summed E-state index contributed by atoms with van der Waals surface area (Å²) in [5, 5.41) is 4.10. The van der Waals surface area contributed by atoms with Crippen LogP contribution in [0, 0.1) is 0 Å². The standard InChI is InChI=1S/C21H25ClN4OS.2ClH/c1-3-4-16(26-21(28)13-5-8-15(22)9-6-13)19(23)14-7-10-18-17(11-14)25-20(24)12(2)27-18;;/h5-12,16,19H,3-4,23H2,1-2H3,(H2,24,25)(H,26,28);2*1H. The summed E-state index contributed by atoms with van der Waals surface area (Å²) in [4.78, 5) is 5.10. The molecule has 30 heavy (non-hydrogen) atoms. The normalized spacial score (nSPS) is 16.5. The molecule has 0 saturated heterocycles. The lowest BCUT2D eigenvalue weighted by Gasteiger charge is -2.28. The highest BCUT2D eigenvalue weighted by molar-refractivity contribution is 7.80. The summed E-state index contributed by atoms with van der Waals surface area (Å²) >= 11 is 11.5. The summed E-state index contributed by atoms with van der Waals surface area (Å²) in [6, 6.07) is 13.0. The lowest BCUT2D eigenvalue weighted by molar-refractivity contribution is 0.281. The summed E-state index contributed by atoms with van der Waals surface area (Å²) in [7, 11) is 0. The fraction of sp³-hybridized carbons (Fsp3) is 0.333. The van der Waals surface area contributed by atoms with Gasteiger partial charge < -0.3 is 21.5 Å². The van der Waals surface area contributed by atoms with E-state index < -0.39 is 0 Å². The minimum absolute atomic E-state index is 0. The Labute approximate surface area is 200 Å². The number of hydrogen-bond acceptors (Lipinski definition) is 5. The van der Waals surface area contributed by atoms with Crippen LogP contribution in [0.2, 0.25) is 5.02 Å². The molecule has 0 spiro atoms. The van der Waals surface area contributed by atoms with Crippen LogP contribution >= 0.6 is 48.6 Å². The highest BCUT2D eigenvalue weighted by atomic mass is 35.5. The Morgan fingerprint density at radius 3 is 2.53 bits per heavy atom. The molecule has 0 bridgehead atoms. The second kappa shape index (κ2) is 11.7. The summed E-state index contributed by atoms with van der Waals surface area (Å²) < 4.78 is 5.77. The molecule has 0 aliphatic carbocycles. The molecule has 0 fully saturated rings. The maximum atomic E-state index is 6.61. The van der Waals surface area contributed by atoms with Crippen LogP contribution in [0.1, 0.15) is 43.9 Å². The average molecular weight is 490 g/mol. The number of ether oxygens (including phenoxy) is 1. The summed E-state index contributed by atoms with van der Waals surface area (Å²) in [5.41, 5.74) is 15.1. The van der Waals surface area contributed by atoms with Crippen molar-refractivity contribution in [2.45, 2.75) is 44.9 Å². The van der Waals surface area contributed by atoms with Crippen molar-refractivity contribution in [2.24, 2.45) is 16.5 Å². The number of benzene rings is 2. The molecule has 0 radical (unpaired) electrons. The Bertz CT molecular complexity index is 892. The van der Waals surface area contributed by atoms with Crippen molar-refractivity contribution >= 4 is 65.1 Å². The summed E-state index contributed by atoms with van der Waals surface area (Å²) in [6.45, 7) is 4.00. The molecule has 9 heteroatoms. The van der Waals surface area contributed by atoms with Gasteiger partial charge >= 0.3 is 0 Å². The van der Waals surface area contributed by atoms with Crippen LogP contribution in [0.5, 0.6) is 5.75 Å². The number of nitrogens with one attached hydrogen (secondary N) is 1. The zero-order valence-electron chi connectivity index (χ0n) is 16.8. The molecule has 5 nitrogen and oxygen atoms in total. The van der Waals surface area contributed by atoms with Crippen LogP contribution in [0.15, 0.2) is 47.5 Å². The van der Waals surface area contributed by atoms with Crippen molar-refractivity contribution in [1.82, 2.24) is 5.32 Å². The Kier molecular flexibility index (Phi) is 10.3. The van der Waals surface area contributed by atoms with Gasteiger partial charge in [-0.3, -0.25) is 0 Å². The van der Waals surface area contributed by atoms with E-state index in [0.717, 1.165) is 24.0 Å². The monoisotopic (exact) mass is 488 g/mol. The maximum Gasteiger partial charge on any atom is 0.153 e. The fourth-order valence-corrected chi connectivity index (χ4v) is 3.56. The van der Waals surface area contributed by atoms with E-state index >= 15 is 0 Å². The average Bonchev–Trinajstić information content (AvgIpc) is 2.68. The Hall–Kier alpha value is -1.57. The first-order valence-electron chi connectivity index (χ1n) is 9.35. The molecule has 164 valence electrons. The van der Waals surface area contributed by atoms with Crippen LogP contribution in [-0.4, -0.2) is 23.0 Å². The molecule has 3 rings (SSSR count). The third-order valence-electron chi connectivity index (χ3n) is 4.79. The molecule has 0 saturated carbocycles. The van der Waals surface area contributed by atoms with Crippen LogP contribution in [0.4, 0.5) is 5.69 Å². The van der Waals surface area contributed by atoms with Gasteiger partial charge in [0, 0.05) is 16.6 Å². The van der Waals surface area contributed by atoms with Crippen molar-refractivity contribution < 1.29 is 4.74 Å². The first-order chi connectivity index (χ1) is 13.4. The van der Waals surface area contributed by atoms with Crippen LogP contribution < -0.4 is 21.5 Å². The van der Waals surface area contributed by atoms with Gasteiger partial charge in [-0.2, -0.15) is 0 Å². The lowest BCUT2D eigenvalue weighted by Crippen LogP contribution is -2.42. The van der Waals surface area contributed by atoms with Crippen molar-refractivity contribution in [2.75, 3.05) is 0 Å². The van der Waals surface area contributed by atoms with Crippen molar-refractivity contribution in [1.29, 1.82) is 0 Å². The van der Waals surface area contributed by atoms with E-state index in [9.17, 15) is 0 Å². The summed E-state index contributed by atoms with van der Waals surface area (Å²) in [6.07, 6.45) is 1.63. The van der Waals surface area contributed by atoms with Gasteiger partial charge in [-0.1, -0.05) is 55.4 Å².